The fourth-order valence-corrected chi connectivity index (χ4v) is 3.31. The summed E-state index contributed by atoms with van der Waals surface area (Å²) in [5.74, 6) is -0.00463. The number of ether oxygens (including phenoxy) is 1. The predicted molar refractivity (Wildman–Crippen MR) is 78.4 cm³/mol. The number of Topliss-reactive ketones (excluding diaryl/α,β-unsaturated/α-hetero) is 1. The molecule has 7 heteroatoms. The van der Waals surface area contributed by atoms with Crippen LogP contribution in [-0.2, 0) is 9.84 Å². The highest BCUT2D eigenvalue weighted by Gasteiger charge is 2.23. The summed E-state index contributed by atoms with van der Waals surface area (Å²) in [4.78, 5) is 20.3. The van der Waals surface area contributed by atoms with Crippen molar-refractivity contribution in [2.75, 3.05) is 13.4 Å². The molecule has 0 aromatic carbocycles. The monoisotopic (exact) mass is 308 g/mol. The van der Waals surface area contributed by atoms with Gasteiger partial charge in [0.1, 0.15) is 5.52 Å². The van der Waals surface area contributed by atoms with Crippen LogP contribution in [0.4, 0.5) is 0 Å². The lowest BCUT2D eigenvalue weighted by atomic mass is 10.1. The first-order chi connectivity index (χ1) is 9.90. The Morgan fingerprint density at radius 2 is 2.05 bits per heavy atom. The Morgan fingerprint density at radius 1 is 1.33 bits per heavy atom. The first kappa shape index (κ1) is 15.4. The largest absolute Gasteiger partial charge is 0.479 e. The number of nitrogens with zero attached hydrogens (tertiary/aromatic N) is 2. The van der Waals surface area contributed by atoms with E-state index in [1.807, 2.05) is 6.92 Å². The minimum Gasteiger partial charge on any atom is -0.479 e. The molecule has 0 radical (unpaired) electrons. The Kier molecular flexibility index (Phi) is 4.22. The number of carbonyl (C=O) groups excluding carboxylic acids is 1. The van der Waals surface area contributed by atoms with Crippen molar-refractivity contribution >= 4 is 26.5 Å². The summed E-state index contributed by atoms with van der Waals surface area (Å²) in [6.45, 7) is 1.86. The van der Waals surface area contributed by atoms with E-state index in [4.69, 9.17) is 4.74 Å². The van der Waals surface area contributed by atoms with E-state index in [-0.39, 0.29) is 28.5 Å². The van der Waals surface area contributed by atoms with Gasteiger partial charge < -0.3 is 4.74 Å². The number of sulfone groups is 1. The zero-order valence-corrected chi connectivity index (χ0v) is 12.9. The van der Waals surface area contributed by atoms with Gasteiger partial charge in [0.25, 0.3) is 0 Å². The van der Waals surface area contributed by atoms with Crippen molar-refractivity contribution < 1.29 is 17.9 Å². The third-order valence-electron chi connectivity index (χ3n) is 3.04. The topological polar surface area (TPSA) is 86.2 Å². The van der Waals surface area contributed by atoms with E-state index in [1.54, 1.807) is 0 Å². The molecule has 2 aromatic heterocycles. The summed E-state index contributed by atoms with van der Waals surface area (Å²) >= 11 is 0. The number of rotatable bonds is 5. The van der Waals surface area contributed by atoms with Gasteiger partial charge >= 0.3 is 0 Å². The minimum absolute atomic E-state index is 0.00773. The number of hydrogen-bond acceptors (Lipinski definition) is 6. The van der Waals surface area contributed by atoms with E-state index in [2.05, 4.69) is 9.97 Å². The molecule has 2 heterocycles. The molecule has 0 saturated heterocycles. The first-order valence-corrected chi connectivity index (χ1v) is 8.34. The van der Waals surface area contributed by atoms with Crippen LogP contribution >= 0.6 is 0 Å². The molecule has 0 aliphatic rings. The number of aromatic nitrogens is 2. The van der Waals surface area contributed by atoms with Gasteiger partial charge in [-0.05, 0) is 12.5 Å². The van der Waals surface area contributed by atoms with E-state index in [0.29, 0.717) is 17.3 Å². The van der Waals surface area contributed by atoms with Crippen LogP contribution in [0.1, 0.15) is 30.1 Å². The molecule has 0 N–H and O–H groups in total. The van der Waals surface area contributed by atoms with Gasteiger partial charge in [-0.15, -0.1) is 0 Å². The van der Waals surface area contributed by atoms with Gasteiger partial charge in [0.15, 0.2) is 15.6 Å². The smallest absolute Gasteiger partial charge is 0.240 e. The van der Waals surface area contributed by atoms with Gasteiger partial charge in [-0.1, -0.05) is 6.92 Å². The van der Waals surface area contributed by atoms with Gasteiger partial charge in [-0.25, -0.2) is 18.4 Å². The van der Waals surface area contributed by atoms with Gasteiger partial charge in [0.2, 0.25) is 5.88 Å². The Bertz CT molecular complexity index is 800. The standard InChI is InChI=1S/C14H16N2O4S/c1-4-5-11(17)10-8-16-12-9(13(10)21(3,18)19)6-7-15-14(12)20-2/h6-8H,4-5H2,1-3H3. The fourth-order valence-electron chi connectivity index (χ4n) is 2.18. The van der Waals surface area contributed by atoms with Crippen molar-refractivity contribution in [2.24, 2.45) is 0 Å². The van der Waals surface area contributed by atoms with E-state index in [1.165, 1.54) is 25.6 Å². The van der Waals surface area contributed by atoms with Crippen molar-refractivity contribution in [2.45, 2.75) is 24.7 Å². The fraction of sp³-hybridized carbons (Fsp3) is 0.357. The van der Waals surface area contributed by atoms with Crippen molar-refractivity contribution in [1.82, 2.24) is 9.97 Å². The van der Waals surface area contributed by atoms with Gasteiger partial charge in [0, 0.05) is 30.5 Å². The lowest BCUT2D eigenvalue weighted by Crippen LogP contribution is -2.10. The first-order valence-electron chi connectivity index (χ1n) is 6.45. The summed E-state index contributed by atoms with van der Waals surface area (Å²) in [6.07, 6.45) is 4.72. The zero-order chi connectivity index (χ0) is 15.6. The number of ketones is 1. The summed E-state index contributed by atoms with van der Waals surface area (Å²) in [5, 5.41) is 0.353. The van der Waals surface area contributed by atoms with Crippen LogP contribution in [0.15, 0.2) is 23.4 Å². The average Bonchev–Trinajstić information content (AvgIpc) is 2.44. The van der Waals surface area contributed by atoms with Crippen molar-refractivity contribution in [3.63, 3.8) is 0 Å². The number of pyridine rings is 2. The summed E-state index contributed by atoms with van der Waals surface area (Å²) in [6, 6.07) is 1.53. The number of hydrogen-bond donors (Lipinski definition) is 0. The van der Waals surface area contributed by atoms with Gasteiger partial charge in [0.05, 0.1) is 17.6 Å². The minimum atomic E-state index is -3.59. The maximum absolute atomic E-state index is 12.2. The maximum Gasteiger partial charge on any atom is 0.240 e. The Morgan fingerprint density at radius 3 is 2.62 bits per heavy atom. The molecule has 2 rings (SSSR count). The zero-order valence-electron chi connectivity index (χ0n) is 12.1. The molecule has 112 valence electrons. The molecule has 6 nitrogen and oxygen atoms in total. The molecule has 0 aliphatic heterocycles. The second kappa shape index (κ2) is 5.77. The number of carbonyl (C=O) groups is 1. The molecule has 0 atom stereocenters. The summed E-state index contributed by atoms with van der Waals surface area (Å²) in [5.41, 5.74) is 0.452. The molecule has 2 aromatic rings. The van der Waals surface area contributed by atoms with Crippen LogP contribution in [-0.4, -0.2) is 37.5 Å². The van der Waals surface area contributed by atoms with Crippen molar-refractivity contribution in [1.29, 1.82) is 0 Å². The lowest BCUT2D eigenvalue weighted by Gasteiger charge is -2.11. The molecule has 0 saturated carbocycles. The predicted octanol–water partition coefficient (Wildman–Crippen LogP) is 2.02. The molecule has 0 spiro atoms. The van der Waals surface area contributed by atoms with Crippen molar-refractivity contribution in [3.8, 4) is 5.88 Å². The van der Waals surface area contributed by atoms with Gasteiger partial charge in [-0.2, -0.15) is 0 Å². The van der Waals surface area contributed by atoms with E-state index in [9.17, 15) is 13.2 Å². The van der Waals surface area contributed by atoms with Crippen LogP contribution in [0.2, 0.25) is 0 Å². The number of methoxy groups -OCH3 is 1. The molecule has 0 unspecified atom stereocenters. The summed E-state index contributed by atoms with van der Waals surface area (Å²) < 4.78 is 29.4. The second-order valence-electron chi connectivity index (χ2n) is 4.66. The highest BCUT2D eigenvalue weighted by molar-refractivity contribution is 7.91. The molecule has 0 bridgehead atoms. The highest BCUT2D eigenvalue weighted by Crippen LogP contribution is 2.30. The van der Waals surface area contributed by atoms with Gasteiger partial charge in [-0.3, -0.25) is 4.79 Å². The SMILES string of the molecule is CCCC(=O)c1cnc2c(OC)nccc2c1S(C)(=O)=O. The second-order valence-corrected chi connectivity index (χ2v) is 6.62. The van der Waals surface area contributed by atoms with Crippen molar-refractivity contribution in [3.05, 3.63) is 24.0 Å². The third kappa shape index (κ3) is 2.87. The Hall–Kier alpha value is -2.02. The van der Waals surface area contributed by atoms with E-state index < -0.39 is 9.84 Å². The Labute approximate surface area is 123 Å². The maximum atomic E-state index is 12.2. The van der Waals surface area contributed by atoms with E-state index >= 15 is 0 Å². The third-order valence-corrected chi connectivity index (χ3v) is 4.23. The molecule has 0 aliphatic carbocycles. The van der Waals surface area contributed by atoms with E-state index in [0.717, 1.165) is 6.26 Å². The average molecular weight is 308 g/mol. The summed E-state index contributed by atoms with van der Waals surface area (Å²) in [7, 11) is -2.16. The normalized spacial score (nSPS) is 11.6. The number of fused-ring (bicyclic) bond motifs is 1. The molecule has 0 fully saturated rings. The Balaban J connectivity index is 2.87. The van der Waals surface area contributed by atoms with Crippen LogP contribution in [0.25, 0.3) is 10.9 Å². The van der Waals surface area contributed by atoms with Crippen LogP contribution in [0.3, 0.4) is 0 Å². The molecular weight excluding hydrogens is 292 g/mol. The molecular formula is C14H16N2O4S. The molecule has 21 heavy (non-hydrogen) atoms. The van der Waals surface area contributed by atoms with Crippen LogP contribution in [0, 0.1) is 0 Å². The molecule has 0 amide bonds. The lowest BCUT2D eigenvalue weighted by molar-refractivity contribution is 0.0978. The highest BCUT2D eigenvalue weighted by atomic mass is 32.2. The van der Waals surface area contributed by atoms with Crippen LogP contribution in [0.5, 0.6) is 5.88 Å². The van der Waals surface area contributed by atoms with Crippen LogP contribution < -0.4 is 4.74 Å². The quantitative estimate of drug-likeness (QED) is 0.785.